The lowest BCUT2D eigenvalue weighted by Gasteiger charge is -2.08. The third-order valence-electron chi connectivity index (χ3n) is 2.64. The molecular formula is C15H24O3. The molecule has 0 saturated heterocycles. The van der Waals surface area contributed by atoms with Gasteiger partial charge in [-0.1, -0.05) is 29.4 Å². The summed E-state index contributed by atoms with van der Waals surface area (Å²) in [5.41, 5.74) is 2.82. The van der Waals surface area contributed by atoms with Crippen molar-refractivity contribution in [2.24, 2.45) is 0 Å². The Hall–Kier alpha value is -1.19. The summed E-state index contributed by atoms with van der Waals surface area (Å²) in [5.74, 6) is 0. The Balaban J connectivity index is 4.16. The summed E-state index contributed by atoms with van der Waals surface area (Å²) >= 11 is 0. The predicted molar refractivity (Wildman–Crippen MR) is 74.3 cm³/mol. The molecule has 1 unspecified atom stereocenters. The summed E-state index contributed by atoms with van der Waals surface area (Å²) < 4.78 is 0. The van der Waals surface area contributed by atoms with Gasteiger partial charge in [-0.3, -0.25) is 4.79 Å². The second-order valence-electron chi connectivity index (χ2n) is 4.62. The largest absolute Gasteiger partial charge is 0.392 e. The monoisotopic (exact) mass is 252 g/mol. The maximum Gasteiger partial charge on any atom is 0.145 e. The molecule has 0 saturated carbocycles. The number of aliphatic hydroxyl groups excluding tert-OH is 2. The SMILES string of the molecule is C/C(C=O)=C\CC/C(C)=C/C(O)C/C(C)=C/CO. The second kappa shape index (κ2) is 9.80. The number of carbonyl (C=O) groups is 1. The van der Waals surface area contributed by atoms with Crippen LogP contribution in [0.3, 0.4) is 0 Å². The van der Waals surface area contributed by atoms with Crippen molar-refractivity contribution in [1.82, 2.24) is 0 Å². The molecule has 0 aliphatic carbocycles. The van der Waals surface area contributed by atoms with E-state index in [0.717, 1.165) is 35.8 Å². The van der Waals surface area contributed by atoms with Crippen molar-refractivity contribution >= 4 is 6.29 Å². The van der Waals surface area contributed by atoms with E-state index >= 15 is 0 Å². The van der Waals surface area contributed by atoms with Gasteiger partial charge >= 0.3 is 0 Å². The minimum absolute atomic E-state index is 0.0109. The normalized spacial score (nSPS) is 15.7. The maximum atomic E-state index is 10.4. The molecule has 3 nitrogen and oxygen atoms in total. The number of rotatable bonds is 8. The Bertz CT molecular complexity index is 338. The topological polar surface area (TPSA) is 57.5 Å². The van der Waals surface area contributed by atoms with Crippen LogP contribution in [0.25, 0.3) is 0 Å². The molecule has 0 fully saturated rings. The molecule has 0 rings (SSSR count). The molecule has 18 heavy (non-hydrogen) atoms. The van der Waals surface area contributed by atoms with Crippen molar-refractivity contribution in [1.29, 1.82) is 0 Å². The second-order valence-corrected chi connectivity index (χ2v) is 4.62. The van der Waals surface area contributed by atoms with Gasteiger partial charge in [0, 0.05) is 0 Å². The first-order valence-electron chi connectivity index (χ1n) is 6.23. The van der Waals surface area contributed by atoms with Gasteiger partial charge in [0.25, 0.3) is 0 Å². The van der Waals surface area contributed by atoms with Crippen LogP contribution in [0.15, 0.2) is 34.9 Å². The molecule has 0 heterocycles. The van der Waals surface area contributed by atoms with Crippen molar-refractivity contribution in [3.63, 3.8) is 0 Å². The molecule has 0 aromatic rings. The quantitative estimate of drug-likeness (QED) is 0.396. The molecular weight excluding hydrogens is 228 g/mol. The lowest BCUT2D eigenvalue weighted by molar-refractivity contribution is -0.104. The fourth-order valence-corrected chi connectivity index (χ4v) is 1.62. The van der Waals surface area contributed by atoms with Crippen molar-refractivity contribution in [3.05, 3.63) is 34.9 Å². The van der Waals surface area contributed by atoms with Gasteiger partial charge in [0.15, 0.2) is 0 Å². The molecule has 0 aliphatic rings. The molecule has 102 valence electrons. The van der Waals surface area contributed by atoms with Crippen LogP contribution < -0.4 is 0 Å². The van der Waals surface area contributed by atoms with Crippen molar-refractivity contribution in [2.75, 3.05) is 6.61 Å². The first-order chi connectivity index (χ1) is 8.49. The standard InChI is InChI=1S/C15H24O3/c1-12(5-4-6-14(3)11-17)9-15(18)10-13(2)7-8-16/h6-7,9,11,15-16,18H,4-5,8,10H2,1-3H3/b12-9+,13-7+,14-6+. The van der Waals surface area contributed by atoms with Gasteiger partial charge in [0.05, 0.1) is 12.7 Å². The summed E-state index contributed by atoms with van der Waals surface area (Å²) in [7, 11) is 0. The van der Waals surface area contributed by atoms with Crippen LogP contribution in [0.4, 0.5) is 0 Å². The zero-order valence-corrected chi connectivity index (χ0v) is 11.5. The average molecular weight is 252 g/mol. The maximum absolute atomic E-state index is 10.4. The van der Waals surface area contributed by atoms with Crippen molar-refractivity contribution < 1.29 is 15.0 Å². The number of aliphatic hydroxyl groups is 2. The van der Waals surface area contributed by atoms with E-state index in [-0.39, 0.29) is 6.61 Å². The van der Waals surface area contributed by atoms with Crippen LogP contribution in [-0.4, -0.2) is 29.2 Å². The van der Waals surface area contributed by atoms with Gasteiger partial charge in [-0.05, 0) is 45.6 Å². The Labute approximate surface area is 110 Å². The van der Waals surface area contributed by atoms with Gasteiger partial charge in [0.1, 0.15) is 6.29 Å². The van der Waals surface area contributed by atoms with E-state index in [9.17, 15) is 9.90 Å². The summed E-state index contributed by atoms with van der Waals surface area (Å²) in [6, 6.07) is 0. The average Bonchev–Trinajstić information content (AvgIpc) is 2.28. The highest BCUT2D eigenvalue weighted by Crippen LogP contribution is 2.11. The highest BCUT2D eigenvalue weighted by atomic mass is 16.3. The van der Waals surface area contributed by atoms with Gasteiger partial charge in [-0.2, -0.15) is 0 Å². The highest BCUT2D eigenvalue weighted by Gasteiger charge is 2.02. The summed E-state index contributed by atoms with van der Waals surface area (Å²) in [6.07, 6.45) is 7.95. The molecule has 2 N–H and O–H groups in total. The fourth-order valence-electron chi connectivity index (χ4n) is 1.62. The van der Waals surface area contributed by atoms with E-state index in [1.165, 1.54) is 0 Å². The molecule has 0 spiro atoms. The van der Waals surface area contributed by atoms with E-state index in [4.69, 9.17) is 5.11 Å². The summed E-state index contributed by atoms with van der Waals surface area (Å²) in [6.45, 7) is 5.65. The van der Waals surface area contributed by atoms with Crippen LogP contribution in [0.2, 0.25) is 0 Å². The first kappa shape index (κ1) is 16.8. The molecule has 0 bridgehead atoms. The molecule has 0 radical (unpaired) electrons. The number of allylic oxidation sites excluding steroid dienone is 3. The molecule has 0 amide bonds. The molecule has 0 aromatic carbocycles. The number of hydrogen-bond acceptors (Lipinski definition) is 3. The van der Waals surface area contributed by atoms with Crippen LogP contribution in [0.1, 0.15) is 40.0 Å². The zero-order valence-electron chi connectivity index (χ0n) is 11.5. The molecule has 0 aromatic heterocycles. The Morgan fingerprint density at radius 2 is 1.83 bits per heavy atom. The number of hydrogen-bond donors (Lipinski definition) is 2. The Morgan fingerprint density at radius 3 is 2.39 bits per heavy atom. The minimum atomic E-state index is -0.510. The number of aldehydes is 1. The Morgan fingerprint density at radius 1 is 1.17 bits per heavy atom. The third kappa shape index (κ3) is 8.90. The third-order valence-corrected chi connectivity index (χ3v) is 2.64. The Kier molecular flexibility index (Phi) is 9.15. The van der Waals surface area contributed by atoms with Gasteiger partial charge in [-0.15, -0.1) is 0 Å². The van der Waals surface area contributed by atoms with E-state index in [1.807, 2.05) is 26.0 Å². The molecule has 0 aliphatic heterocycles. The lowest BCUT2D eigenvalue weighted by Crippen LogP contribution is -2.04. The van der Waals surface area contributed by atoms with Crippen LogP contribution in [-0.2, 0) is 4.79 Å². The van der Waals surface area contributed by atoms with Gasteiger partial charge in [-0.25, -0.2) is 0 Å². The van der Waals surface area contributed by atoms with E-state index in [2.05, 4.69) is 0 Å². The smallest absolute Gasteiger partial charge is 0.145 e. The van der Waals surface area contributed by atoms with Crippen LogP contribution in [0, 0.1) is 0 Å². The fraction of sp³-hybridized carbons (Fsp3) is 0.533. The summed E-state index contributed by atoms with van der Waals surface area (Å²) in [5, 5.41) is 18.5. The highest BCUT2D eigenvalue weighted by molar-refractivity contribution is 5.71. The zero-order chi connectivity index (χ0) is 14.0. The van der Waals surface area contributed by atoms with Crippen molar-refractivity contribution in [2.45, 2.75) is 46.1 Å². The van der Waals surface area contributed by atoms with Crippen LogP contribution in [0.5, 0.6) is 0 Å². The van der Waals surface area contributed by atoms with E-state index in [1.54, 1.807) is 13.0 Å². The van der Waals surface area contributed by atoms with Gasteiger partial charge in [0.2, 0.25) is 0 Å². The minimum Gasteiger partial charge on any atom is -0.392 e. The van der Waals surface area contributed by atoms with Crippen molar-refractivity contribution in [3.8, 4) is 0 Å². The predicted octanol–water partition coefficient (Wildman–Crippen LogP) is 2.55. The van der Waals surface area contributed by atoms with Gasteiger partial charge < -0.3 is 10.2 Å². The van der Waals surface area contributed by atoms with E-state index < -0.39 is 6.10 Å². The molecule has 3 heteroatoms. The molecule has 1 atom stereocenters. The number of carbonyl (C=O) groups excluding carboxylic acids is 1. The first-order valence-corrected chi connectivity index (χ1v) is 6.23. The van der Waals surface area contributed by atoms with Crippen LogP contribution >= 0.6 is 0 Å². The summed E-state index contributed by atoms with van der Waals surface area (Å²) in [4.78, 5) is 10.4. The lowest BCUT2D eigenvalue weighted by atomic mass is 10.0. The van der Waals surface area contributed by atoms with E-state index in [0.29, 0.717) is 6.42 Å².